The summed E-state index contributed by atoms with van der Waals surface area (Å²) in [6.45, 7) is 3.86. The van der Waals surface area contributed by atoms with Gasteiger partial charge in [-0.2, -0.15) is 10.4 Å². The van der Waals surface area contributed by atoms with Crippen LogP contribution in [0.25, 0.3) is 5.69 Å². The first kappa shape index (κ1) is 24.3. The molecule has 0 fully saturated rings. The van der Waals surface area contributed by atoms with Crippen LogP contribution in [0.3, 0.4) is 0 Å². The highest BCUT2D eigenvalue weighted by Gasteiger charge is 2.42. The Balaban J connectivity index is 1.95. The van der Waals surface area contributed by atoms with Gasteiger partial charge in [0.2, 0.25) is 0 Å². The van der Waals surface area contributed by atoms with Crippen molar-refractivity contribution in [1.82, 2.24) is 9.78 Å². The van der Waals surface area contributed by atoms with Crippen molar-refractivity contribution in [2.75, 3.05) is 19.1 Å². The van der Waals surface area contributed by atoms with Crippen LogP contribution in [-0.4, -0.2) is 35.9 Å². The monoisotopic (exact) mass is 483 g/mol. The number of hydrogen-bond donors (Lipinski definition) is 1. The number of esters is 2. The highest BCUT2D eigenvalue weighted by molar-refractivity contribution is 6.06. The summed E-state index contributed by atoms with van der Waals surface area (Å²) in [6.07, 6.45) is 0. The molecule has 1 atom stereocenters. The van der Waals surface area contributed by atoms with Crippen molar-refractivity contribution >= 4 is 17.6 Å². The van der Waals surface area contributed by atoms with Gasteiger partial charge < -0.3 is 15.2 Å². The molecule has 0 bridgehead atoms. The van der Waals surface area contributed by atoms with E-state index in [2.05, 4.69) is 11.2 Å². The zero-order chi connectivity index (χ0) is 26.0. The van der Waals surface area contributed by atoms with Crippen molar-refractivity contribution < 1.29 is 19.1 Å². The van der Waals surface area contributed by atoms with Gasteiger partial charge in [-0.3, -0.25) is 4.90 Å². The van der Waals surface area contributed by atoms with Gasteiger partial charge in [-0.25, -0.2) is 14.3 Å². The summed E-state index contributed by atoms with van der Waals surface area (Å²) in [7, 11) is 2.43. The summed E-state index contributed by atoms with van der Waals surface area (Å²) in [5.74, 6) is -2.46. The van der Waals surface area contributed by atoms with E-state index < -0.39 is 17.9 Å². The average Bonchev–Trinajstić information content (AvgIpc) is 3.25. The largest absolute Gasteiger partial charge is 0.466 e. The minimum atomic E-state index is -0.914. The molecule has 4 rings (SSSR count). The zero-order valence-electron chi connectivity index (χ0n) is 20.4. The van der Waals surface area contributed by atoms with Crippen molar-refractivity contribution in [3.8, 4) is 11.8 Å². The molecule has 3 aromatic rings. The molecule has 0 saturated heterocycles. The smallest absolute Gasteiger partial charge is 0.355 e. The number of nitriles is 1. The Bertz CT molecular complexity index is 1430. The zero-order valence-corrected chi connectivity index (χ0v) is 20.4. The number of nitrogens with two attached hydrogens (primary N) is 1. The van der Waals surface area contributed by atoms with E-state index in [0.717, 1.165) is 17.1 Å². The van der Waals surface area contributed by atoms with E-state index >= 15 is 0 Å². The third kappa shape index (κ3) is 4.09. The second-order valence-corrected chi connectivity index (χ2v) is 8.19. The third-order valence-electron chi connectivity index (χ3n) is 5.97. The minimum Gasteiger partial charge on any atom is -0.466 e. The fourth-order valence-electron chi connectivity index (χ4n) is 4.41. The van der Waals surface area contributed by atoms with E-state index in [4.69, 9.17) is 15.2 Å². The van der Waals surface area contributed by atoms with Gasteiger partial charge in [0, 0.05) is 11.4 Å². The highest BCUT2D eigenvalue weighted by Crippen LogP contribution is 2.43. The van der Waals surface area contributed by atoms with Gasteiger partial charge in [0.15, 0.2) is 0 Å². The maximum Gasteiger partial charge on any atom is 0.355 e. The number of carbonyl (C=O) groups excluding carboxylic acids is 2. The van der Waals surface area contributed by atoms with E-state index in [1.54, 1.807) is 41.1 Å². The molecule has 0 aliphatic carbocycles. The summed E-state index contributed by atoms with van der Waals surface area (Å²) < 4.78 is 11.9. The van der Waals surface area contributed by atoms with Crippen LogP contribution in [0, 0.1) is 25.2 Å². The lowest BCUT2D eigenvalue weighted by Crippen LogP contribution is -2.40. The molecule has 0 radical (unpaired) electrons. The van der Waals surface area contributed by atoms with Gasteiger partial charge in [-0.15, -0.1) is 0 Å². The second kappa shape index (κ2) is 9.80. The Kier molecular flexibility index (Phi) is 6.61. The van der Waals surface area contributed by atoms with Gasteiger partial charge >= 0.3 is 11.9 Å². The van der Waals surface area contributed by atoms with Crippen molar-refractivity contribution in [1.29, 1.82) is 5.26 Å². The predicted molar refractivity (Wildman–Crippen MR) is 133 cm³/mol. The first-order chi connectivity index (χ1) is 17.3. The first-order valence-corrected chi connectivity index (χ1v) is 11.1. The van der Waals surface area contributed by atoms with Crippen LogP contribution < -0.4 is 10.6 Å². The molecule has 9 nitrogen and oxygen atoms in total. The quantitative estimate of drug-likeness (QED) is 0.548. The standard InChI is InChI=1S/C27H25N5O4/c1-16-14-17(2)32(30-16)20-12-10-19(11-13-20)31-24(27(34)36-4)23(26(33)35-3)22(21(15-28)25(31)29)18-8-6-5-7-9-18/h5-14,22H,29H2,1-4H3. The van der Waals surface area contributed by atoms with Crippen molar-refractivity contribution in [3.63, 3.8) is 0 Å². The number of nitrogens with zero attached hydrogens (tertiary/aromatic N) is 4. The Labute approximate surface area is 208 Å². The molecule has 9 heteroatoms. The number of rotatable bonds is 5. The molecule has 1 aliphatic heterocycles. The molecule has 0 saturated carbocycles. The fourth-order valence-corrected chi connectivity index (χ4v) is 4.41. The fraction of sp³-hybridized carbons (Fsp3) is 0.185. The normalized spacial score (nSPS) is 15.5. The number of aromatic nitrogens is 2. The third-order valence-corrected chi connectivity index (χ3v) is 5.97. The number of allylic oxidation sites excluding steroid dienone is 1. The molecular formula is C27H25N5O4. The van der Waals surface area contributed by atoms with Gasteiger partial charge in [0.05, 0.1) is 48.7 Å². The summed E-state index contributed by atoms with van der Waals surface area (Å²) in [5, 5.41) is 14.6. The van der Waals surface area contributed by atoms with Gasteiger partial charge in [-0.1, -0.05) is 30.3 Å². The van der Waals surface area contributed by atoms with E-state index in [-0.39, 0.29) is 22.7 Å². The molecule has 1 aromatic heterocycles. The number of benzene rings is 2. The Morgan fingerprint density at radius 1 is 0.972 bits per heavy atom. The Morgan fingerprint density at radius 2 is 1.58 bits per heavy atom. The topological polar surface area (TPSA) is 123 Å². The molecule has 36 heavy (non-hydrogen) atoms. The van der Waals surface area contributed by atoms with Crippen LogP contribution in [0.2, 0.25) is 0 Å². The van der Waals surface area contributed by atoms with Crippen molar-refractivity contribution in [2.45, 2.75) is 19.8 Å². The number of methoxy groups -OCH3 is 2. The Morgan fingerprint density at radius 3 is 2.11 bits per heavy atom. The van der Waals surface area contributed by atoms with Crippen LogP contribution in [-0.2, 0) is 19.1 Å². The van der Waals surface area contributed by atoms with Crippen LogP contribution in [0.1, 0.15) is 22.9 Å². The predicted octanol–water partition coefficient (Wildman–Crippen LogP) is 3.39. The average molecular weight is 484 g/mol. The lowest BCUT2D eigenvalue weighted by atomic mass is 9.81. The molecular weight excluding hydrogens is 458 g/mol. The number of carbonyl (C=O) groups is 2. The van der Waals surface area contributed by atoms with Crippen LogP contribution >= 0.6 is 0 Å². The van der Waals surface area contributed by atoms with Crippen LogP contribution in [0.4, 0.5) is 5.69 Å². The van der Waals surface area contributed by atoms with E-state index in [0.29, 0.717) is 11.3 Å². The number of aryl methyl sites for hydroxylation is 2. The molecule has 1 unspecified atom stereocenters. The SMILES string of the molecule is COC(=O)C1=C(C(=O)OC)N(c2ccc(-n3nc(C)cc3C)cc2)C(N)=C(C#N)C1c1ccccc1. The number of ether oxygens (including phenoxy) is 2. The lowest BCUT2D eigenvalue weighted by Gasteiger charge is -2.35. The van der Waals surface area contributed by atoms with E-state index in [9.17, 15) is 14.9 Å². The van der Waals surface area contributed by atoms with Crippen molar-refractivity contribution in [2.24, 2.45) is 5.73 Å². The van der Waals surface area contributed by atoms with Crippen molar-refractivity contribution in [3.05, 3.63) is 100 Å². The molecule has 0 spiro atoms. The number of anilines is 1. The summed E-state index contributed by atoms with van der Waals surface area (Å²) in [5.41, 5.74) is 10.2. The lowest BCUT2D eigenvalue weighted by molar-refractivity contribution is -0.139. The van der Waals surface area contributed by atoms with Gasteiger partial charge in [-0.05, 0) is 49.7 Å². The maximum absolute atomic E-state index is 13.1. The maximum atomic E-state index is 13.1. The van der Waals surface area contributed by atoms with E-state index in [1.807, 2.05) is 38.1 Å². The first-order valence-electron chi connectivity index (χ1n) is 11.1. The van der Waals surface area contributed by atoms with Crippen LogP contribution in [0.5, 0.6) is 0 Å². The number of hydrogen-bond acceptors (Lipinski definition) is 8. The molecule has 2 heterocycles. The van der Waals surface area contributed by atoms with E-state index in [1.165, 1.54) is 19.1 Å². The second-order valence-electron chi connectivity index (χ2n) is 8.19. The van der Waals surface area contributed by atoms with Gasteiger partial charge in [0.1, 0.15) is 11.5 Å². The summed E-state index contributed by atoms with van der Waals surface area (Å²) >= 11 is 0. The highest BCUT2D eigenvalue weighted by atomic mass is 16.5. The molecule has 0 amide bonds. The molecule has 2 aromatic carbocycles. The van der Waals surface area contributed by atoms with Gasteiger partial charge in [0.25, 0.3) is 0 Å². The van der Waals surface area contributed by atoms with Crippen LogP contribution in [0.15, 0.2) is 83.3 Å². The molecule has 1 aliphatic rings. The summed E-state index contributed by atoms with van der Waals surface area (Å²) in [4.78, 5) is 27.6. The Hall–Kier alpha value is -4.84. The molecule has 2 N–H and O–H groups in total. The minimum absolute atomic E-state index is 0.0123. The summed E-state index contributed by atoms with van der Waals surface area (Å²) in [6, 6.07) is 20.1. The molecule has 182 valence electrons.